The third-order valence-corrected chi connectivity index (χ3v) is 4.14. The lowest BCUT2D eigenvalue weighted by atomic mass is 10.0. The average Bonchev–Trinajstić information content (AvgIpc) is 2.66. The molecule has 0 fully saturated rings. The number of phenolic OH excluding ortho intramolecular Hbond substituents is 2. The van der Waals surface area contributed by atoms with E-state index < -0.39 is 12.2 Å². The number of aromatic hydroxyl groups is 2. The zero-order valence-corrected chi connectivity index (χ0v) is 14.5. The van der Waals surface area contributed by atoms with Gasteiger partial charge in [-0.2, -0.15) is 0 Å². The summed E-state index contributed by atoms with van der Waals surface area (Å²) >= 11 is 0. The number of hydrogen-bond donors (Lipinski definition) is 3. The van der Waals surface area contributed by atoms with Crippen molar-refractivity contribution >= 4 is 6.08 Å². The second-order valence-electron chi connectivity index (χ2n) is 6.02. The Morgan fingerprint density at radius 2 is 1.88 bits per heavy atom. The van der Waals surface area contributed by atoms with Gasteiger partial charge in [-0.05, 0) is 36.2 Å². The molecule has 2 atom stereocenters. The van der Waals surface area contributed by atoms with Crippen molar-refractivity contribution < 1.29 is 29.5 Å². The Morgan fingerprint density at radius 3 is 2.62 bits per heavy atom. The van der Waals surface area contributed by atoms with E-state index in [2.05, 4.69) is 0 Å². The molecule has 6 nitrogen and oxygen atoms in total. The minimum Gasteiger partial charge on any atom is -0.504 e. The van der Waals surface area contributed by atoms with Crippen LogP contribution in [0.1, 0.15) is 23.7 Å². The fourth-order valence-electron chi connectivity index (χ4n) is 2.79. The van der Waals surface area contributed by atoms with E-state index in [1.165, 1.54) is 12.1 Å². The third kappa shape index (κ3) is 3.92. The molecular weight excluding hydrogens is 336 g/mol. The van der Waals surface area contributed by atoms with Crippen molar-refractivity contribution in [2.75, 3.05) is 20.3 Å². The molecule has 0 unspecified atom stereocenters. The van der Waals surface area contributed by atoms with Crippen LogP contribution in [0.5, 0.6) is 23.0 Å². The van der Waals surface area contributed by atoms with Crippen molar-refractivity contribution in [1.82, 2.24) is 0 Å². The first-order valence-corrected chi connectivity index (χ1v) is 8.38. The molecule has 0 saturated carbocycles. The number of aliphatic hydroxyl groups excluding tert-OH is 1. The van der Waals surface area contributed by atoms with Crippen LogP contribution in [-0.2, 0) is 4.74 Å². The maximum atomic E-state index is 9.72. The normalized spacial score (nSPS) is 19.0. The highest BCUT2D eigenvalue weighted by Gasteiger charge is 2.33. The van der Waals surface area contributed by atoms with Crippen LogP contribution >= 0.6 is 0 Å². The maximum Gasteiger partial charge on any atom is 0.163 e. The zero-order chi connectivity index (χ0) is 18.5. The summed E-state index contributed by atoms with van der Waals surface area (Å²) in [7, 11) is 1.66. The molecule has 2 aromatic carbocycles. The van der Waals surface area contributed by atoms with Crippen molar-refractivity contribution in [1.29, 1.82) is 0 Å². The number of phenols is 2. The summed E-state index contributed by atoms with van der Waals surface area (Å²) in [5.41, 5.74) is 1.56. The Labute approximate surface area is 151 Å². The zero-order valence-electron chi connectivity index (χ0n) is 14.5. The number of methoxy groups -OCH3 is 1. The Morgan fingerprint density at radius 1 is 1.04 bits per heavy atom. The van der Waals surface area contributed by atoms with Gasteiger partial charge in [0.2, 0.25) is 0 Å². The summed E-state index contributed by atoms with van der Waals surface area (Å²) in [4.78, 5) is 0. The SMILES string of the molecule is COCC/C=C/c1ccc2c(c1)O[C@@H](CO)[C@H](c1ccc(O)c(O)c1)O2. The summed E-state index contributed by atoms with van der Waals surface area (Å²) in [5.74, 6) is 0.653. The van der Waals surface area contributed by atoms with Crippen LogP contribution in [0.15, 0.2) is 42.5 Å². The highest BCUT2D eigenvalue weighted by Crippen LogP contribution is 2.41. The molecule has 1 aliphatic heterocycles. The van der Waals surface area contributed by atoms with Gasteiger partial charge in [-0.3, -0.25) is 0 Å². The van der Waals surface area contributed by atoms with Crippen molar-refractivity contribution in [3.63, 3.8) is 0 Å². The minimum absolute atomic E-state index is 0.212. The molecule has 6 heteroatoms. The monoisotopic (exact) mass is 358 g/mol. The molecule has 0 amide bonds. The summed E-state index contributed by atoms with van der Waals surface area (Å²) in [6, 6.07) is 9.99. The van der Waals surface area contributed by atoms with E-state index in [0.29, 0.717) is 23.7 Å². The largest absolute Gasteiger partial charge is 0.504 e. The molecule has 0 radical (unpaired) electrons. The number of aliphatic hydroxyl groups is 1. The molecule has 0 aromatic heterocycles. The van der Waals surface area contributed by atoms with Crippen molar-refractivity contribution in [2.24, 2.45) is 0 Å². The quantitative estimate of drug-likeness (QED) is 0.543. The van der Waals surface area contributed by atoms with Gasteiger partial charge in [-0.25, -0.2) is 0 Å². The van der Waals surface area contributed by atoms with E-state index in [1.807, 2.05) is 30.4 Å². The molecule has 1 heterocycles. The van der Waals surface area contributed by atoms with Crippen LogP contribution in [0, 0.1) is 0 Å². The molecule has 3 rings (SSSR count). The minimum atomic E-state index is -0.626. The summed E-state index contributed by atoms with van der Waals surface area (Å²) < 4.78 is 16.9. The molecule has 138 valence electrons. The molecule has 0 bridgehead atoms. The van der Waals surface area contributed by atoms with Crippen LogP contribution in [0.3, 0.4) is 0 Å². The van der Waals surface area contributed by atoms with Gasteiger partial charge in [-0.1, -0.05) is 24.3 Å². The molecule has 2 aromatic rings. The fraction of sp³-hybridized carbons (Fsp3) is 0.300. The van der Waals surface area contributed by atoms with Gasteiger partial charge in [0.15, 0.2) is 35.2 Å². The number of ether oxygens (including phenoxy) is 3. The molecule has 0 spiro atoms. The summed E-state index contributed by atoms with van der Waals surface area (Å²) in [5, 5.41) is 28.9. The van der Waals surface area contributed by atoms with Crippen LogP contribution in [0.25, 0.3) is 6.08 Å². The Balaban J connectivity index is 1.82. The van der Waals surface area contributed by atoms with Gasteiger partial charge in [0, 0.05) is 19.3 Å². The van der Waals surface area contributed by atoms with Gasteiger partial charge >= 0.3 is 0 Å². The maximum absolute atomic E-state index is 9.72. The Kier molecular flexibility index (Phi) is 5.65. The van der Waals surface area contributed by atoms with Crippen molar-refractivity contribution in [3.8, 4) is 23.0 Å². The lowest BCUT2D eigenvalue weighted by molar-refractivity contribution is -0.0124. The summed E-state index contributed by atoms with van der Waals surface area (Å²) in [6.45, 7) is 0.411. The van der Waals surface area contributed by atoms with E-state index in [9.17, 15) is 15.3 Å². The highest BCUT2D eigenvalue weighted by molar-refractivity contribution is 5.56. The van der Waals surface area contributed by atoms with Crippen molar-refractivity contribution in [2.45, 2.75) is 18.6 Å². The lowest BCUT2D eigenvalue weighted by Crippen LogP contribution is -2.36. The van der Waals surface area contributed by atoms with E-state index in [0.717, 1.165) is 12.0 Å². The van der Waals surface area contributed by atoms with Gasteiger partial charge in [0.05, 0.1) is 6.61 Å². The first-order valence-electron chi connectivity index (χ1n) is 8.38. The standard InChI is InChI=1S/C20H22O6/c1-24-9-3-2-4-13-5-8-17-18(10-13)25-19(12-21)20(26-17)14-6-7-15(22)16(23)11-14/h2,4-8,10-11,19-23H,3,9,12H2,1H3/b4-2+/t19-,20-/m0/s1. The van der Waals surface area contributed by atoms with E-state index >= 15 is 0 Å². The van der Waals surface area contributed by atoms with E-state index in [-0.39, 0.29) is 18.1 Å². The molecule has 0 saturated heterocycles. The first-order chi connectivity index (χ1) is 12.6. The van der Waals surface area contributed by atoms with Crippen LogP contribution in [0.4, 0.5) is 0 Å². The molecule has 3 N–H and O–H groups in total. The van der Waals surface area contributed by atoms with Crippen LogP contribution < -0.4 is 9.47 Å². The molecule has 26 heavy (non-hydrogen) atoms. The highest BCUT2D eigenvalue weighted by atomic mass is 16.6. The van der Waals surface area contributed by atoms with Crippen LogP contribution in [0.2, 0.25) is 0 Å². The Hall–Kier alpha value is -2.70. The van der Waals surface area contributed by atoms with E-state index in [1.54, 1.807) is 13.2 Å². The van der Waals surface area contributed by atoms with Gasteiger partial charge < -0.3 is 29.5 Å². The topological polar surface area (TPSA) is 88.4 Å². The number of rotatable bonds is 6. The molecule has 1 aliphatic rings. The molecule has 0 aliphatic carbocycles. The number of hydrogen-bond acceptors (Lipinski definition) is 6. The van der Waals surface area contributed by atoms with Gasteiger partial charge in [0.1, 0.15) is 0 Å². The lowest BCUT2D eigenvalue weighted by Gasteiger charge is -2.33. The first kappa shape index (κ1) is 18.1. The third-order valence-electron chi connectivity index (χ3n) is 4.14. The van der Waals surface area contributed by atoms with Crippen molar-refractivity contribution in [3.05, 3.63) is 53.6 Å². The molecular formula is C20H22O6. The predicted molar refractivity (Wildman–Crippen MR) is 96.6 cm³/mol. The smallest absolute Gasteiger partial charge is 0.163 e. The fourth-order valence-corrected chi connectivity index (χ4v) is 2.79. The second-order valence-corrected chi connectivity index (χ2v) is 6.02. The summed E-state index contributed by atoms with van der Waals surface area (Å²) in [6.07, 6.45) is 3.58. The second kappa shape index (κ2) is 8.12. The predicted octanol–water partition coefficient (Wildman–Crippen LogP) is 3.02. The number of fused-ring (bicyclic) bond motifs is 1. The average molecular weight is 358 g/mol. The van der Waals surface area contributed by atoms with Gasteiger partial charge in [0.25, 0.3) is 0 Å². The Bertz CT molecular complexity index is 786. The number of benzene rings is 2. The van der Waals surface area contributed by atoms with Crippen LogP contribution in [-0.4, -0.2) is 41.7 Å². The van der Waals surface area contributed by atoms with Gasteiger partial charge in [-0.15, -0.1) is 0 Å². The van der Waals surface area contributed by atoms with E-state index in [4.69, 9.17) is 14.2 Å².